The molecule has 5 nitrogen and oxygen atoms in total. The van der Waals surface area contributed by atoms with E-state index in [1.54, 1.807) is 12.1 Å². The summed E-state index contributed by atoms with van der Waals surface area (Å²) in [7, 11) is 0. The molecule has 28 heavy (non-hydrogen) atoms. The Morgan fingerprint density at radius 3 is 2.57 bits per heavy atom. The van der Waals surface area contributed by atoms with E-state index in [9.17, 15) is 9.18 Å². The topological polar surface area (TPSA) is 58.1 Å². The Bertz CT molecular complexity index is 732. The summed E-state index contributed by atoms with van der Waals surface area (Å²) in [5.41, 5.74) is 0.980. The van der Waals surface area contributed by atoms with Gasteiger partial charge < -0.3 is 10.2 Å². The van der Waals surface area contributed by atoms with E-state index in [4.69, 9.17) is 0 Å². The second-order valence-electron chi connectivity index (χ2n) is 7.49. The van der Waals surface area contributed by atoms with Crippen LogP contribution in [0.15, 0.2) is 24.3 Å². The lowest BCUT2D eigenvalue weighted by Crippen LogP contribution is -2.38. The van der Waals surface area contributed by atoms with E-state index < -0.39 is 0 Å². The Morgan fingerprint density at radius 1 is 1.21 bits per heavy atom. The second kappa shape index (κ2) is 11.1. The van der Waals surface area contributed by atoms with Crippen molar-refractivity contribution in [1.82, 2.24) is 14.7 Å². The number of nitrogens with one attached hydrogen (secondary N) is 1. The molecule has 1 amide bonds. The van der Waals surface area contributed by atoms with Crippen LogP contribution in [0, 0.1) is 11.7 Å². The molecule has 7 heteroatoms. The summed E-state index contributed by atoms with van der Waals surface area (Å²) in [6.45, 7) is 9.86. The minimum absolute atomic E-state index is 0.0683. The van der Waals surface area contributed by atoms with Gasteiger partial charge in [0.1, 0.15) is 11.6 Å². The zero-order valence-electron chi connectivity index (χ0n) is 17.2. The lowest BCUT2D eigenvalue weighted by atomic mass is 10.1. The van der Waals surface area contributed by atoms with Crippen molar-refractivity contribution >= 4 is 22.6 Å². The highest BCUT2D eigenvalue weighted by molar-refractivity contribution is 7.09. The van der Waals surface area contributed by atoms with Crippen LogP contribution in [0.2, 0.25) is 0 Å². The molecule has 0 radical (unpaired) electrons. The first-order chi connectivity index (χ1) is 13.4. The summed E-state index contributed by atoms with van der Waals surface area (Å²) in [5, 5.41) is 3.90. The number of aromatic nitrogens is 2. The quantitative estimate of drug-likeness (QED) is 0.600. The molecule has 0 bridgehead atoms. The van der Waals surface area contributed by atoms with Crippen molar-refractivity contribution in [1.29, 1.82) is 0 Å². The molecule has 1 aromatic heterocycles. The van der Waals surface area contributed by atoms with Crippen molar-refractivity contribution in [2.24, 2.45) is 5.92 Å². The highest BCUT2D eigenvalue weighted by atomic mass is 32.1. The predicted molar refractivity (Wildman–Crippen MR) is 113 cm³/mol. The lowest BCUT2D eigenvalue weighted by molar-refractivity contribution is -0.121. The van der Waals surface area contributed by atoms with Crippen LogP contribution in [-0.4, -0.2) is 34.4 Å². The monoisotopic (exact) mass is 406 g/mol. The third kappa shape index (κ3) is 7.19. The molecule has 0 saturated heterocycles. The van der Waals surface area contributed by atoms with Gasteiger partial charge in [-0.1, -0.05) is 39.3 Å². The van der Waals surface area contributed by atoms with Gasteiger partial charge in [-0.05, 0) is 37.0 Å². The molecule has 2 rings (SSSR count). The summed E-state index contributed by atoms with van der Waals surface area (Å²) in [4.78, 5) is 19.0. The van der Waals surface area contributed by atoms with Crippen LogP contribution < -0.4 is 10.2 Å². The molecule has 0 spiro atoms. The molecule has 0 aliphatic rings. The van der Waals surface area contributed by atoms with E-state index >= 15 is 0 Å². The van der Waals surface area contributed by atoms with E-state index in [1.165, 1.54) is 23.7 Å². The number of carbonyl (C=O) groups is 1. The third-order valence-corrected chi connectivity index (χ3v) is 5.60. The molecule has 0 fully saturated rings. The molecule has 0 aliphatic carbocycles. The van der Waals surface area contributed by atoms with Gasteiger partial charge >= 0.3 is 0 Å². The van der Waals surface area contributed by atoms with Crippen molar-refractivity contribution in [2.75, 3.05) is 18.0 Å². The smallest absolute Gasteiger partial charge is 0.221 e. The molecule has 1 heterocycles. The second-order valence-corrected chi connectivity index (χ2v) is 8.22. The fourth-order valence-electron chi connectivity index (χ4n) is 2.61. The first-order valence-corrected chi connectivity index (χ1v) is 10.8. The molecule has 1 aromatic carbocycles. The molecule has 0 saturated carbocycles. The summed E-state index contributed by atoms with van der Waals surface area (Å²) >= 11 is 1.36. The van der Waals surface area contributed by atoms with Crippen LogP contribution in [0.3, 0.4) is 0 Å². The predicted octanol–water partition coefficient (Wildman–Crippen LogP) is 4.43. The van der Waals surface area contributed by atoms with Crippen LogP contribution in [-0.2, 0) is 11.2 Å². The number of amides is 1. The van der Waals surface area contributed by atoms with Gasteiger partial charge in [0.15, 0.2) is 0 Å². The number of benzene rings is 1. The van der Waals surface area contributed by atoms with Gasteiger partial charge in [0.2, 0.25) is 11.0 Å². The number of anilines is 1. The number of hydrogen-bond donors (Lipinski definition) is 1. The lowest BCUT2D eigenvalue weighted by Gasteiger charge is -2.22. The highest BCUT2D eigenvalue weighted by Crippen LogP contribution is 2.20. The van der Waals surface area contributed by atoms with E-state index in [2.05, 4.69) is 40.3 Å². The van der Waals surface area contributed by atoms with Crippen molar-refractivity contribution in [2.45, 2.75) is 59.4 Å². The first kappa shape index (κ1) is 22.3. The van der Waals surface area contributed by atoms with Crippen molar-refractivity contribution in [3.05, 3.63) is 41.5 Å². The number of nitrogens with zero attached hydrogens (tertiary/aromatic N) is 3. The minimum atomic E-state index is -0.244. The number of carbonyl (C=O) groups excluding carboxylic acids is 1. The van der Waals surface area contributed by atoms with E-state index in [0.29, 0.717) is 25.3 Å². The van der Waals surface area contributed by atoms with Gasteiger partial charge in [0.05, 0.1) is 0 Å². The molecule has 0 aliphatic heterocycles. The summed E-state index contributed by atoms with van der Waals surface area (Å²) < 4.78 is 17.5. The van der Waals surface area contributed by atoms with Crippen LogP contribution >= 0.6 is 11.5 Å². The Hall–Kier alpha value is -2.02. The maximum absolute atomic E-state index is 13.1. The Morgan fingerprint density at radius 2 is 1.93 bits per heavy atom. The Labute approximate surface area is 171 Å². The minimum Gasteiger partial charge on any atom is -0.353 e. The van der Waals surface area contributed by atoms with Crippen molar-refractivity contribution in [3.8, 4) is 0 Å². The van der Waals surface area contributed by atoms with Gasteiger partial charge in [-0.2, -0.15) is 4.37 Å². The summed E-state index contributed by atoms with van der Waals surface area (Å²) in [6, 6.07) is 6.58. The van der Waals surface area contributed by atoms with E-state index in [1.807, 2.05) is 6.92 Å². The SMILES string of the molecule is CCCCN(CCC(=O)N[C@@H](C)C(C)C)c1nc(Cc2ccc(F)cc2)ns1. The molecule has 154 valence electrons. The van der Waals surface area contributed by atoms with Gasteiger partial charge in [-0.25, -0.2) is 9.37 Å². The van der Waals surface area contributed by atoms with Gasteiger partial charge in [0, 0.05) is 43.5 Å². The number of halogens is 1. The zero-order chi connectivity index (χ0) is 20.5. The van der Waals surface area contributed by atoms with Crippen LogP contribution in [0.25, 0.3) is 0 Å². The maximum Gasteiger partial charge on any atom is 0.221 e. The van der Waals surface area contributed by atoms with Gasteiger partial charge in [0.25, 0.3) is 0 Å². The molecule has 1 atom stereocenters. The first-order valence-electron chi connectivity index (χ1n) is 10.00. The van der Waals surface area contributed by atoms with Gasteiger partial charge in [-0.15, -0.1) is 0 Å². The third-order valence-electron chi connectivity index (χ3n) is 4.78. The average molecular weight is 407 g/mol. The number of unbranched alkanes of at least 4 members (excludes halogenated alkanes) is 1. The standard InChI is InChI=1S/C21H31FN4OS/c1-5-6-12-26(13-11-20(27)23-16(4)15(2)3)21-24-19(25-28-21)14-17-7-9-18(22)10-8-17/h7-10,15-16H,5-6,11-14H2,1-4H3,(H,23,27)/t16-/m0/s1. The number of rotatable bonds is 11. The number of hydrogen-bond acceptors (Lipinski definition) is 5. The van der Waals surface area contributed by atoms with Crippen LogP contribution in [0.1, 0.15) is 58.3 Å². The molecule has 0 unspecified atom stereocenters. The maximum atomic E-state index is 13.1. The van der Waals surface area contributed by atoms with Crippen LogP contribution in [0.5, 0.6) is 0 Å². The molecular weight excluding hydrogens is 375 g/mol. The molecular formula is C21H31FN4OS. The molecule has 1 N–H and O–H groups in total. The fourth-order valence-corrected chi connectivity index (χ4v) is 3.35. The Balaban J connectivity index is 1.97. The average Bonchev–Trinajstić information content (AvgIpc) is 3.12. The van der Waals surface area contributed by atoms with E-state index in [-0.39, 0.29) is 17.8 Å². The van der Waals surface area contributed by atoms with Crippen molar-refractivity contribution in [3.63, 3.8) is 0 Å². The molecule has 2 aromatic rings. The summed E-state index contributed by atoms with van der Waals surface area (Å²) in [5.74, 6) is 0.966. The normalized spacial score (nSPS) is 12.2. The summed E-state index contributed by atoms with van der Waals surface area (Å²) in [6.07, 6.45) is 3.13. The largest absolute Gasteiger partial charge is 0.353 e. The van der Waals surface area contributed by atoms with Crippen molar-refractivity contribution < 1.29 is 9.18 Å². The van der Waals surface area contributed by atoms with Gasteiger partial charge in [-0.3, -0.25) is 4.79 Å². The fraction of sp³-hybridized carbons (Fsp3) is 0.571. The highest BCUT2D eigenvalue weighted by Gasteiger charge is 2.16. The Kier molecular flexibility index (Phi) is 8.83. The van der Waals surface area contributed by atoms with E-state index in [0.717, 1.165) is 35.9 Å². The van der Waals surface area contributed by atoms with Crippen LogP contribution in [0.4, 0.5) is 9.52 Å². The zero-order valence-corrected chi connectivity index (χ0v) is 18.1.